The number of carboxylic acids is 1. The van der Waals surface area contributed by atoms with E-state index < -0.39 is 32.1 Å². The number of sulfone groups is 1. The lowest BCUT2D eigenvalue weighted by molar-refractivity contribution is -0.139. The first kappa shape index (κ1) is 13.6. The van der Waals surface area contributed by atoms with Gasteiger partial charge in [0.25, 0.3) is 0 Å². The van der Waals surface area contributed by atoms with Gasteiger partial charge in [-0.15, -0.1) is 0 Å². The Bertz CT molecular complexity index is 539. The van der Waals surface area contributed by atoms with Crippen LogP contribution in [0.25, 0.3) is 0 Å². The first-order valence-electron chi connectivity index (χ1n) is 4.72. The van der Waals surface area contributed by atoms with Crippen LogP contribution in [0.1, 0.15) is 19.4 Å². The average Bonchev–Trinajstić information content (AvgIpc) is 2.16. The zero-order valence-corrected chi connectivity index (χ0v) is 10.2. The first-order valence-corrected chi connectivity index (χ1v) is 6.37. The van der Waals surface area contributed by atoms with Crippen molar-refractivity contribution in [3.05, 3.63) is 29.8 Å². The molecule has 1 N–H and O–H groups in total. The van der Waals surface area contributed by atoms with E-state index in [0.29, 0.717) is 0 Å². The maximum Gasteiger partial charge on any atom is 0.324 e. The third kappa shape index (κ3) is 2.79. The normalized spacial score (nSPS) is 12.4. The Balaban J connectivity index is 3.07. The lowest BCUT2D eigenvalue weighted by Gasteiger charge is -2.19. The minimum absolute atomic E-state index is 0.124. The molecular formula is C10H12FNO4S. The van der Waals surface area contributed by atoms with Crippen LogP contribution < -0.4 is 0 Å². The third-order valence-corrected chi connectivity index (χ3v) is 4.85. The quantitative estimate of drug-likeness (QED) is 0.874. The van der Waals surface area contributed by atoms with E-state index in [1.807, 2.05) is 0 Å². The molecule has 0 atom stereocenters. The van der Waals surface area contributed by atoms with Gasteiger partial charge in [-0.3, -0.25) is 9.78 Å². The number of nitrogens with zero attached hydrogens (tertiary/aromatic N) is 1. The summed E-state index contributed by atoms with van der Waals surface area (Å²) < 4.78 is 34.6. The summed E-state index contributed by atoms with van der Waals surface area (Å²) in [7, 11) is -3.94. The summed E-state index contributed by atoms with van der Waals surface area (Å²) in [6, 6.07) is 1.02. The van der Waals surface area contributed by atoms with E-state index in [-0.39, 0.29) is 5.56 Å². The molecule has 1 aromatic heterocycles. The van der Waals surface area contributed by atoms with E-state index in [4.69, 9.17) is 5.11 Å². The van der Waals surface area contributed by atoms with E-state index in [1.54, 1.807) is 0 Å². The van der Waals surface area contributed by atoms with Gasteiger partial charge in [-0.05, 0) is 25.5 Å². The number of carboxylic acid groups (broad SMARTS) is 1. The number of hydrogen-bond donors (Lipinski definition) is 1. The molecule has 0 aliphatic rings. The standard InChI is InChI=1S/C10H12FNO4S/c1-10(2,9(13)14)17(15,16)6-7-3-8(11)5-12-4-7/h3-5H,6H2,1-2H3,(H,13,14). The third-order valence-electron chi connectivity index (χ3n) is 2.41. The molecule has 0 unspecified atom stereocenters. The molecule has 0 amide bonds. The van der Waals surface area contributed by atoms with E-state index in [9.17, 15) is 17.6 Å². The number of pyridine rings is 1. The zero-order chi connectivity index (χ0) is 13.3. The predicted octanol–water partition coefficient (Wildman–Crippen LogP) is 0.999. The van der Waals surface area contributed by atoms with Crippen molar-refractivity contribution in [3.63, 3.8) is 0 Å². The van der Waals surface area contributed by atoms with Crippen molar-refractivity contribution < 1.29 is 22.7 Å². The van der Waals surface area contributed by atoms with Crippen LogP contribution in [0.5, 0.6) is 0 Å². The molecular weight excluding hydrogens is 249 g/mol. The fraction of sp³-hybridized carbons (Fsp3) is 0.400. The van der Waals surface area contributed by atoms with Gasteiger partial charge in [0.1, 0.15) is 5.82 Å². The number of rotatable bonds is 4. The second kappa shape index (κ2) is 4.40. The van der Waals surface area contributed by atoms with Crippen LogP contribution >= 0.6 is 0 Å². The van der Waals surface area contributed by atoms with E-state index in [1.165, 1.54) is 6.20 Å². The molecule has 0 fully saturated rings. The molecule has 17 heavy (non-hydrogen) atoms. The van der Waals surface area contributed by atoms with Crippen molar-refractivity contribution in [2.45, 2.75) is 24.3 Å². The monoisotopic (exact) mass is 261 g/mol. The fourth-order valence-corrected chi connectivity index (χ4v) is 2.29. The van der Waals surface area contributed by atoms with E-state index in [2.05, 4.69) is 4.98 Å². The highest BCUT2D eigenvalue weighted by Gasteiger charge is 2.41. The number of aromatic nitrogens is 1. The van der Waals surface area contributed by atoms with Crippen LogP contribution in [0, 0.1) is 5.82 Å². The summed E-state index contributed by atoms with van der Waals surface area (Å²) >= 11 is 0. The Morgan fingerprint density at radius 1 is 1.47 bits per heavy atom. The van der Waals surface area contributed by atoms with Gasteiger partial charge in [-0.1, -0.05) is 0 Å². The summed E-state index contributed by atoms with van der Waals surface area (Å²) in [6.45, 7) is 2.19. The lowest BCUT2D eigenvalue weighted by Crippen LogP contribution is -2.41. The first-order chi connectivity index (χ1) is 7.67. The van der Waals surface area contributed by atoms with Crippen LogP contribution in [0.3, 0.4) is 0 Å². The van der Waals surface area contributed by atoms with Crippen LogP contribution in [-0.2, 0) is 20.4 Å². The topological polar surface area (TPSA) is 84.3 Å². The highest BCUT2D eigenvalue weighted by Crippen LogP contribution is 2.21. The second-order valence-corrected chi connectivity index (χ2v) is 6.62. The number of aliphatic carboxylic acids is 1. The fourth-order valence-electron chi connectivity index (χ4n) is 1.07. The van der Waals surface area contributed by atoms with Crippen molar-refractivity contribution in [2.75, 3.05) is 0 Å². The Kier molecular flexibility index (Phi) is 3.51. The Hall–Kier alpha value is -1.50. The maximum absolute atomic E-state index is 12.8. The molecule has 0 aliphatic heterocycles. The summed E-state index contributed by atoms with van der Waals surface area (Å²) in [5.41, 5.74) is 0.124. The number of carbonyl (C=O) groups is 1. The molecule has 94 valence electrons. The highest BCUT2D eigenvalue weighted by molar-refractivity contribution is 7.92. The highest BCUT2D eigenvalue weighted by atomic mass is 32.2. The average molecular weight is 261 g/mol. The molecule has 0 bridgehead atoms. The van der Waals surface area contributed by atoms with Gasteiger partial charge in [0.05, 0.1) is 11.9 Å². The van der Waals surface area contributed by atoms with Crippen molar-refractivity contribution in [2.24, 2.45) is 0 Å². The molecule has 0 radical (unpaired) electrons. The van der Waals surface area contributed by atoms with Crippen LogP contribution in [-0.4, -0.2) is 29.2 Å². The van der Waals surface area contributed by atoms with Gasteiger partial charge >= 0.3 is 5.97 Å². The maximum atomic E-state index is 12.8. The molecule has 0 saturated heterocycles. The molecule has 7 heteroatoms. The molecule has 1 rings (SSSR count). The van der Waals surface area contributed by atoms with Gasteiger partial charge in [-0.2, -0.15) is 0 Å². The number of hydrogen-bond acceptors (Lipinski definition) is 4. The van der Waals surface area contributed by atoms with Gasteiger partial charge < -0.3 is 5.11 Å². The molecule has 0 saturated carbocycles. The smallest absolute Gasteiger partial charge is 0.324 e. The molecule has 0 spiro atoms. The molecule has 0 aliphatic carbocycles. The lowest BCUT2D eigenvalue weighted by atomic mass is 10.2. The van der Waals surface area contributed by atoms with Crippen LogP contribution in [0.2, 0.25) is 0 Å². The van der Waals surface area contributed by atoms with Crippen molar-refractivity contribution in [1.82, 2.24) is 4.98 Å². The Labute approximate surface area is 98.2 Å². The van der Waals surface area contributed by atoms with Crippen molar-refractivity contribution >= 4 is 15.8 Å². The molecule has 0 aromatic carbocycles. The summed E-state index contributed by atoms with van der Waals surface area (Å²) in [6.07, 6.45) is 2.14. The molecule has 1 heterocycles. The van der Waals surface area contributed by atoms with Gasteiger partial charge in [0.15, 0.2) is 14.6 Å². The van der Waals surface area contributed by atoms with Crippen molar-refractivity contribution in [3.8, 4) is 0 Å². The number of halogens is 1. The minimum atomic E-state index is -3.94. The van der Waals surface area contributed by atoms with Crippen LogP contribution in [0.15, 0.2) is 18.5 Å². The van der Waals surface area contributed by atoms with Crippen molar-refractivity contribution in [1.29, 1.82) is 0 Å². The van der Waals surface area contributed by atoms with E-state index >= 15 is 0 Å². The minimum Gasteiger partial charge on any atom is -0.480 e. The Morgan fingerprint density at radius 2 is 2.06 bits per heavy atom. The summed E-state index contributed by atoms with van der Waals surface area (Å²) in [4.78, 5) is 14.4. The van der Waals surface area contributed by atoms with Gasteiger partial charge in [-0.25, -0.2) is 12.8 Å². The second-order valence-electron chi connectivity index (χ2n) is 4.09. The Morgan fingerprint density at radius 3 is 2.53 bits per heavy atom. The van der Waals surface area contributed by atoms with Gasteiger partial charge in [0.2, 0.25) is 0 Å². The predicted molar refractivity (Wildman–Crippen MR) is 58.5 cm³/mol. The summed E-state index contributed by atoms with van der Waals surface area (Å²) in [5.74, 6) is -2.66. The SMILES string of the molecule is CC(C)(C(=O)O)S(=O)(=O)Cc1cncc(F)c1. The van der Waals surface area contributed by atoms with Crippen LogP contribution in [0.4, 0.5) is 4.39 Å². The van der Waals surface area contributed by atoms with E-state index in [0.717, 1.165) is 26.1 Å². The molecule has 1 aromatic rings. The summed E-state index contributed by atoms with van der Waals surface area (Å²) in [5, 5.41) is 8.84. The van der Waals surface area contributed by atoms with Gasteiger partial charge in [0, 0.05) is 6.20 Å². The zero-order valence-electron chi connectivity index (χ0n) is 9.34. The molecule has 5 nitrogen and oxygen atoms in total. The largest absolute Gasteiger partial charge is 0.480 e.